The molecular weight excluding hydrogens is 428 g/mol. The average molecular weight is 461 g/mol. The summed E-state index contributed by atoms with van der Waals surface area (Å²) >= 11 is 0. The third kappa shape index (κ3) is 2.72. The van der Waals surface area contributed by atoms with Crippen molar-refractivity contribution in [3.8, 4) is 11.5 Å². The molecule has 2 bridgehead atoms. The van der Waals surface area contributed by atoms with E-state index in [9.17, 15) is 15.0 Å². The molecule has 2 aliphatic carbocycles. The lowest BCUT2D eigenvalue weighted by molar-refractivity contribution is -0.152. The predicted molar refractivity (Wildman–Crippen MR) is 129 cm³/mol. The van der Waals surface area contributed by atoms with Crippen molar-refractivity contribution in [3.05, 3.63) is 70.8 Å². The fourth-order valence-electron chi connectivity index (χ4n) is 7.08. The molecule has 1 amide bonds. The molecule has 2 aliphatic heterocycles. The van der Waals surface area contributed by atoms with Crippen LogP contribution in [0.5, 0.6) is 11.5 Å². The van der Waals surface area contributed by atoms with Crippen LogP contribution in [0, 0.1) is 6.92 Å². The van der Waals surface area contributed by atoms with Gasteiger partial charge in [-0.05, 0) is 57.0 Å². The standard InChI is InChI=1S/C28H32N2O4/c1-17-5-4-6-18(15-17)7-10-23(32)30(3)20-11-12-28(33)22-16-19-8-9-21(31)25-24(19)27(28,26(20)34-25)13-14-29(22)2/h4-6,8-9,11-12,15,20,22,26,31,33H,7,10,13-14,16H2,1-3H3/t20?,22-,26?,27+,28-/m1/s1. The lowest BCUT2D eigenvalue weighted by Gasteiger charge is -2.62. The molecule has 6 nitrogen and oxygen atoms in total. The van der Waals surface area contributed by atoms with Crippen molar-refractivity contribution in [2.75, 3.05) is 20.6 Å². The molecule has 34 heavy (non-hydrogen) atoms. The zero-order valence-electron chi connectivity index (χ0n) is 20.0. The summed E-state index contributed by atoms with van der Waals surface area (Å²) in [7, 11) is 3.89. The summed E-state index contributed by atoms with van der Waals surface area (Å²) in [5.74, 6) is 0.634. The Morgan fingerprint density at radius 3 is 2.91 bits per heavy atom. The number of nitrogens with zero attached hydrogens (tertiary/aromatic N) is 2. The number of carbonyl (C=O) groups excluding carboxylic acids is 1. The minimum Gasteiger partial charge on any atom is -0.504 e. The molecule has 2 N–H and O–H groups in total. The van der Waals surface area contributed by atoms with Gasteiger partial charge in [0.05, 0.1) is 11.5 Å². The largest absolute Gasteiger partial charge is 0.504 e. The molecule has 2 aromatic rings. The first-order valence-corrected chi connectivity index (χ1v) is 12.2. The Labute approximate surface area is 200 Å². The van der Waals surface area contributed by atoms with Gasteiger partial charge in [-0.3, -0.25) is 9.69 Å². The summed E-state index contributed by atoms with van der Waals surface area (Å²) in [6.45, 7) is 2.88. The molecule has 2 unspecified atom stereocenters. The zero-order valence-corrected chi connectivity index (χ0v) is 20.0. The zero-order chi connectivity index (χ0) is 23.8. The van der Waals surface area contributed by atoms with Gasteiger partial charge in [-0.15, -0.1) is 0 Å². The van der Waals surface area contributed by atoms with E-state index in [1.54, 1.807) is 11.0 Å². The Morgan fingerprint density at radius 2 is 2.12 bits per heavy atom. The van der Waals surface area contributed by atoms with E-state index in [1.165, 1.54) is 5.56 Å². The van der Waals surface area contributed by atoms with Crippen LogP contribution in [0.4, 0.5) is 0 Å². The number of hydrogen-bond acceptors (Lipinski definition) is 5. The van der Waals surface area contributed by atoms with Crippen LogP contribution in [0.1, 0.15) is 35.1 Å². The van der Waals surface area contributed by atoms with Crippen LogP contribution in [-0.2, 0) is 23.1 Å². The normalized spacial score (nSPS) is 32.8. The fraction of sp³-hybridized carbons (Fsp3) is 0.464. The number of aliphatic hydroxyl groups is 1. The lowest BCUT2D eigenvalue weighted by atomic mass is 9.50. The molecule has 6 rings (SSSR count). The Hall–Kier alpha value is -2.83. The molecule has 1 saturated heterocycles. The highest BCUT2D eigenvalue weighted by Crippen LogP contribution is 2.64. The second-order valence-corrected chi connectivity index (χ2v) is 10.6. The van der Waals surface area contributed by atoms with Crippen molar-refractivity contribution >= 4 is 5.91 Å². The minimum absolute atomic E-state index is 0.0438. The van der Waals surface area contributed by atoms with Gasteiger partial charge in [0.15, 0.2) is 11.5 Å². The second-order valence-electron chi connectivity index (χ2n) is 10.6. The number of ether oxygens (including phenoxy) is 1. The number of carbonyl (C=O) groups is 1. The SMILES string of the molecule is Cc1cccc(CCC(=O)N(C)C2C=C[C@@]3(O)[C@H]4Cc5ccc(O)c6c5[C@@]3(CCN4C)C2O6)c1. The molecule has 4 aliphatic rings. The van der Waals surface area contributed by atoms with E-state index in [0.29, 0.717) is 31.4 Å². The van der Waals surface area contributed by atoms with Crippen LogP contribution < -0.4 is 4.74 Å². The van der Waals surface area contributed by atoms with E-state index in [1.807, 2.05) is 31.3 Å². The van der Waals surface area contributed by atoms with Crippen molar-refractivity contribution in [2.45, 2.75) is 61.8 Å². The summed E-state index contributed by atoms with van der Waals surface area (Å²) < 4.78 is 6.50. The van der Waals surface area contributed by atoms with Gasteiger partial charge >= 0.3 is 0 Å². The number of rotatable bonds is 4. The topological polar surface area (TPSA) is 73.2 Å². The van der Waals surface area contributed by atoms with Gasteiger partial charge < -0.3 is 19.8 Å². The van der Waals surface area contributed by atoms with Crippen LogP contribution in [0.15, 0.2) is 48.6 Å². The molecule has 5 atom stereocenters. The first-order chi connectivity index (χ1) is 16.3. The number of aromatic hydroxyl groups is 1. The van der Waals surface area contributed by atoms with E-state index in [-0.39, 0.29) is 23.7 Å². The molecule has 178 valence electrons. The number of hydrogen-bond donors (Lipinski definition) is 2. The number of phenols is 1. The van der Waals surface area contributed by atoms with Crippen LogP contribution >= 0.6 is 0 Å². The summed E-state index contributed by atoms with van der Waals surface area (Å²) in [4.78, 5) is 17.3. The molecule has 2 heterocycles. The van der Waals surface area contributed by atoms with E-state index < -0.39 is 17.1 Å². The number of amides is 1. The van der Waals surface area contributed by atoms with Gasteiger partial charge in [-0.2, -0.15) is 0 Å². The first kappa shape index (κ1) is 21.7. The summed E-state index contributed by atoms with van der Waals surface area (Å²) in [6, 6.07) is 11.5. The van der Waals surface area contributed by atoms with E-state index in [2.05, 4.69) is 37.1 Å². The molecular formula is C28H32N2O4. The predicted octanol–water partition coefficient (Wildman–Crippen LogP) is 2.72. The monoisotopic (exact) mass is 460 g/mol. The van der Waals surface area contributed by atoms with Crippen LogP contribution in [0.2, 0.25) is 0 Å². The molecule has 0 aromatic heterocycles. The third-order valence-corrected chi connectivity index (χ3v) is 8.83. The van der Waals surface area contributed by atoms with Gasteiger partial charge in [0, 0.05) is 25.1 Å². The Balaban J connectivity index is 1.36. The number of phenolic OH excluding ortho intramolecular Hbond substituents is 1. The van der Waals surface area contributed by atoms with E-state index in [0.717, 1.165) is 23.2 Å². The first-order valence-electron chi connectivity index (χ1n) is 12.2. The summed E-state index contributed by atoms with van der Waals surface area (Å²) in [5.41, 5.74) is 2.61. The maximum absolute atomic E-state index is 13.3. The molecule has 2 aromatic carbocycles. The Kier molecular flexibility index (Phi) is 4.68. The highest BCUT2D eigenvalue weighted by atomic mass is 16.5. The maximum atomic E-state index is 13.3. The van der Waals surface area contributed by atoms with Crippen molar-refractivity contribution < 1.29 is 19.7 Å². The third-order valence-electron chi connectivity index (χ3n) is 8.83. The van der Waals surface area contributed by atoms with Crippen molar-refractivity contribution in [1.82, 2.24) is 9.80 Å². The summed E-state index contributed by atoms with van der Waals surface area (Å²) in [6.07, 6.45) is 5.92. The quantitative estimate of drug-likeness (QED) is 0.687. The number of piperidine rings is 1. The highest BCUT2D eigenvalue weighted by Gasteiger charge is 2.71. The van der Waals surface area contributed by atoms with Gasteiger partial charge in [0.2, 0.25) is 5.91 Å². The van der Waals surface area contributed by atoms with Crippen molar-refractivity contribution in [2.24, 2.45) is 0 Å². The number of likely N-dealkylation sites (tertiary alicyclic amines) is 1. The van der Waals surface area contributed by atoms with E-state index in [4.69, 9.17) is 4.74 Å². The van der Waals surface area contributed by atoms with Crippen LogP contribution in [-0.4, -0.2) is 70.3 Å². The number of benzene rings is 2. The highest BCUT2D eigenvalue weighted by molar-refractivity contribution is 5.77. The molecule has 6 heteroatoms. The van der Waals surface area contributed by atoms with Crippen LogP contribution in [0.3, 0.4) is 0 Å². The Bertz CT molecular complexity index is 1210. The Morgan fingerprint density at radius 1 is 1.29 bits per heavy atom. The smallest absolute Gasteiger partial charge is 0.223 e. The van der Waals surface area contributed by atoms with Gasteiger partial charge in [0.1, 0.15) is 11.7 Å². The lowest BCUT2D eigenvalue weighted by Crippen LogP contribution is -2.76. The van der Waals surface area contributed by atoms with E-state index >= 15 is 0 Å². The maximum Gasteiger partial charge on any atom is 0.223 e. The molecule has 1 fully saturated rings. The fourth-order valence-corrected chi connectivity index (χ4v) is 7.08. The minimum atomic E-state index is -1.11. The van der Waals surface area contributed by atoms with Crippen LogP contribution in [0.25, 0.3) is 0 Å². The van der Waals surface area contributed by atoms with Gasteiger partial charge in [-0.1, -0.05) is 48.0 Å². The van der Waals surface area contributed by atoms with Crippen molar-refractivity contribution in [3.63, 3.8) is 0 Å². The molecule has 0 radical (unpaired) electrons. The summed E-state index contributed by atoms with van der Waals surface area (Å²) in [5, 5.41) is 22.9. The average Bonchev–Trinajstić information content (AvgIpc) is 3.17. The molecule has 1 spiro atoms. The second kappa shape index (κ2) is 7.33. The number of aryl methyl sites for hydroxylation is 2. The van der Waals surface area contributed by atoms with Gasteiger partial charge in [0.25, 0.3) is 0 Å². The van der Waals surface area contributed by atoms with Crippen molar-refractivity contribution in [1.29, 1.82) is 0 Å². The number of likely N-dealkylation sites (N-methyl/N-ethyl adjacent to an activating group) is 2. The van der Waals surface area contributed by atoms with Gasteiger partial charge in [-0.25, -0.2) is 0 Å². The molecule has 0 saturated carbocycles.